The molecule has 0 aromatic heterocycles. The molecule has 0 aromatic carbocycles. The molecule has 13 heavy (non-hydrogen) atoms. The van der Waals surface area contributed by atoms with Crippen molar-refractivity contribution in [3.63, 3.8) is 0 Å². The molecular weight excluding hydrogens is 190 g/mol. The van der Waals surface area contributed by atoms with Gasteiger partial charge in [0.25, 0.3) is 0 Å². The first kappa shape index (κ1) is 12.2. The molecule has 0 radical (unpaired) electrons. The van der Waals surface area contributed by atoms with E-state index in [9.17, 15) is 4.79 Å². The molecule has 0 fully saturated rings. The second kappa shape index (κ2) is 6.73. The number of rotatable bonds is 5. The number of esters is 1. The molecule has 0 saturated carbocycles. The first-order chi connectivity index (χ1) is 6.07. The monoisotopic (exact) mass is 205 g/mol. The van der Waals surface area contributed by atoms with Gasteiger partial charge in [-0.2, -0.15) is 0 Å². The molecule has 76 valence electrons. The molecule has 5 nitrogen and oxygen atoms in total. The van der Waals surface area contributed by atoms with E-state index in [2.05, 4.69) is 4.72 Å². The second-order valence-electron chi connectivity index (χ2n) is 2.40. The third-order valence-corrected chi connectivity index (χ3v) is 2.05. The molecule has 0 aromatic rings. The van der Waals surface area contributed by atoms with Crippen LogP contribution in [0, 0.1) is 5.41 Å². The minimum Gasteiger partial charge on any atom is -0.465 e. The Kier molecular flexibility index (Phi) is 6.34. The molecule has 0 spiro atoms. The average molecular weight is 205 g/mol. The summed E-state index contributed by atoms with van der Waals surface area (Å²) in [5.41, 5.74) is 5.48. The predicted octanol–water partition coefficient (Wildman–Crippen LogP) is 0.112. The van der Waals surface area contributed by atoms with Gasteiger partial charge in [-0.15, -0.1) is 0 Å². The number of nitrogens with two attached hydrogens (primary N) is 1. The number of amidine groups is 1. The van der Waals surface area contributed by atoms with Gasteiger partial charge in [-0.05, 0) is 25.8 Å². The Hall–Kier alpha value is -0.750. The van der Waals surface area contributed by atoms with Crippen molar-refractivity contribution in [1.29, 1.82) is 5.41 Å². The van der Waals surface area contributed by atoms with Crippen molar-refractivity contribution in [3.8, 4) is 0 Å². The fraction of sp³-hybridized carbons (Fsp3) is 0.714. The van der Waals surface area contributed by atoms with E-state index >= 15 is 0 Å². The fourth-order valence-corrected chi connectivity index (χ4v) is 1.17. The first-order valence-corrected chi connectivity index (χ1v) is 4.91. The van der Waals surface area contributed by atoms with Crippen LogP contribution in [0.3, 0.4) is 0 Å². The number of hydrogen-bond donors (Lipinski definition) is 3. The van der Waals surface area contributed by atoms with E-state index in [4.69, 9.17) is 15.9 Å². The van der Waals surface area contributed by atoms with Crippen LogP contribution in [-0.4, -0.2) is 30.2 Å². The van der Waals surface area contributed by atoms with Crippen molar-refractivity contribution in [2.75, 3.05) is 12.4 Å². The quantitative estimate of drug-likeness (QED) is 0.257. The normalized spacial score (nSPS) is 11.9. The molecule has 0 aliphatic heterocycles. The minimum absolute atomic E-state index is 0.334. The van der Waals surface area contributed by atoms with Crippen LogP contribution in [0.1, 0.15) is 13.8 Å². The summed E-state index contributed by atoms with van der Waals surface area (Å²) in [7, 11) is 0. The Morgan fingerprint density at radius 2 is 2.38 bits per heavy atom. The lowest BCUT2D eigenvalue weighted by Gasteiger charge is -2.09. The second-order valence-corrected chi connectivity index (χ2v) is 3.22. The molecular formula is C7H15N3O2S. The molecule has 1 atom stereocenters. The van der Waals surface area contributed by atoms with E-state index in [1.807, 2.05) is 0 Å². The number of carbonyl (C=O) groups excluding carboxylic acids is 1. The van der Waals surface area contributed by atoms with Crippen LogP contribution in [0.2, 0.25) is 0 Å². The minimum atomic E-state index is -0.628. The maximum Gasteiger partial charge on any atom is 0.323 e. The van der Waals surface area contributed by atoms with Gasteiger partial charge < -0.3 is 15.2 Å². The lowest BCUT2D eigenvalue weighted by Crippen LogP contribution is -2.35. The smallest absolute Gasteiger partial charge is 0.323 e. The lowest BCUT2D eigenvalue weighted by atomic mass is 10.4. The summed E-state index contributed by atoms with van der Waals surface area (Å²) in [6, 6.07) is -0.628. The third-order valence-electron chi connectivity index (χ3n) is 1.08. The van der Waals surface area contributed by atoms with Crippen molar-refractivity contribution in [2.45, 2.75) is 19.9 Å². The van der Waals surface area contributed by atoms with Gasteiger partial charge in [-0.3, -0.25) is 10.2 Å². The topological polar surface area (TPSA) is 88.2 Å². The predicted molar refractivity (Wildman–Crippen MR) is 53.6 cm³/mol. The third kappa shape index (κ3) is 6.41. The first-order valence-electron chi connectivity index (χ1n) is 3.93. The highest BCUT2D eigenvalue weighted by Gasteiger charge is 2.13. The number of ether oxygens (including phenoxy) is 1. The van der Waals surface area contributed by atoms with Gasteiger partial charge in [-0.25, -0.2) is 0 Å². The maximum absolute atomic E-state index is 11.0. The van der Waals surface area contributed by atoms with Crippen LogP contribution in [0.4, 0.5) is 0 Å². The van der Waals surface area contributed by atoms with E-state index in [1.165, 1.54) is 11.9 Å². The maximum atomic E-state index is 11.0. The van der Waals surface area contributed by atoms with Crippen molar-refractivity contribution >= 4 is 23.8 Å². The molecule has 0 rings (SSSR count). The number of hydrogen-bond acceptors (Lipinski definition) is 5. The highest BCUT2D eigenvalue weighted by Crippen LogP contribution is 1.97. The van der Waals surface area contributed by atoms with Gasteiger partial charge in [0, 0.05) is 5.75 Å². The van der Waals surface area contributed by atoms with Crippen LogP contribution in [0.5, 0.6) is 0 Å². The molecule has 0 amide bonds. The molecule has 4 N–H and O–H groups in total. The fourth-order valence-electron chi connectivity index (χ4n) is 0.557. The Labute approximate surface area is 82.0 Å². The molecule has 0 heterocycles. The van der Waals surface area contributed by atoms with Crippen molar-refractivity contribution < 1.29 is 9.53 Å². The lowest BCUT2D eigenvalue weighted by molar-refractivity contribution is -0.144. The van der Waals surface area contributed by atoms with E-state index in [1.54, 1.807) is 13.8 Å². The zero-order valence-electron chi connectivity index (χ0n) is 7.79. The van der Waals surface area contributed by atoms with Gasteiger partial charge >= 0.3 is 5.97 Å². The van der Waals surface area contributed by atoms with Crippen LogP contribution >= 0.6 is 11.9 Å². The van der Waals surface area contributed by atoms with E-state index < -0.39 is 12.0 Å². The van der Waals surface area contributed by atoms with Gasteiger partial charge in [0.05, 0.1) is 12.4 Å². The zero-order chi connectivity index (χ0) is 10.3. The van der Waals surface area contributed by atoms with Gasteiger partial charge in [0.15, 0.2) is 0 Å². The standard InChI is InChI=1S/C7H15N3O2S/c1-3-12-7(11)6(9)4-13-10-5(2)8/h6H,3-4,9H2,1-2H3,(H2,8,10)/t6-/m0/s1. The number of carbonyl (C=O) groups is 1. The zero-order valence-corrected chi connectivity index (χ0v) is 8.61. The van der Waals surface area contributed by atoms with Crippen LogP contribution in [0.25, 0.3) is 0 Å². The van der Waals surface area contributed by atoms with Crippen LogP contribution in [-0.2, 0) is 9.53 Å². The Balaban J connectivity index is 3.55. The summed E-state index contributed by atoms with van der Waals surface area (Å²) in [5.74, 6) is 0.329. The Bertz CT molecular complexity index is 187. The van der Waals surface area contributed by atoms with Gasteiger partial charge in [-0.1, -0.05) is 0 Å². The highest BCUT2D eigenvalue weighted by molar-refractivity contribution is 7.98. The van der Waals surface area contributed by atoms with Crippen molar-refractivity contribution in [1.82, 2.24) is 4.72 Å². The molecule has 0 bridgehead atoms. The molecule has 0 saturated heterocycles. The average Bonchev–Trinajstić information content (AvgIpc) is 2.04. The Morgan fingerprint density at radius 3 is 2.85 bits per heavy atom. The SMILES string of the molecule is CCOC(=O)[C@@H](N)CSNC(C)=N. The van der Waals surface area contributed by atoms with E-state index in [-0.39, 0.29) is 0 Å². The summed E-state index contributed by atoms with van der Waals surface area (Å²) in [6.45, 7) is 3.69. The molecule has 0 aliphatic carbocycles. The van der Waals surface area contributed by atoms with Gasteiger partial charge in [0.1, 0.15) is 6.04 Å². The summed E-state index contributed by atoms with van der Waals surface area (Å²) < 4.78 is 7.39. The van der Waals surface area contributed by atoms with Crippen LogP contribution in [0.15, 0.2) is 0 Å². The van der Waals surface area contributed by atoms with Gasteiger partial charge in [0.2, 0.25) is 0 Å². The summed E-state index contributed by atoms with van der Waals surface area (Å²) in [6.07, 6.45) is 0. The number of nitrogens with one attached hydrogen (secondary N) is 2. The van der Waals surface area contributed by atoms with Crippen LogP contribution < -0.4 is 10.5 Å². The highest BCUT2D eigenvalue weighted by atomic mass is 32.2. The largest absolute Gasteiger partial charge is 0.465 e. The molecule has 0 unspecified atom stereocenters. The van der Waals surface area contributed by atoms with Crippen molar-refractivity contribution in [3.05, 3.63) is 0 Å². The molecule has 6 heteroatoms. The summed E-state index contributed by atoms with van der Waals surface area (Å²) >= 11 is 1.22. The summed E-state index contributed by atoms with van der Waals surface area (Å²) in [4.78, 5) is 11.0. The molecule has 0 aliphatic rings. The summed E-state index contributed by atoms with van der Waals surface area (Å²) in [5, 5.41) is 7.04. The van der Waals surface area contributed by atoms with E-state index in [0.717, 1.165) is 0 Å². The van der Waals surface area contributed by atoms with Crippen molar-refractivity contribution in [2.24, 2.45) is 5.73 Å². The van der Waals surface area contributed by atoms with E-state index in [0.29, 0.717) is 18.2 Å². The Morgan fingerprint density at radius 1 is 1.77 bits per heavy atom.